The molecule has 5 heteroatoms. The van der Waals surface area contributed by atoms with Gasteiger partial charge in [-0.25, -0.2) is 4.39 Å². The summed E-state index contributed by atoms with van der Waals surface area (Å²) in [5.74, 6) is -0.0365. The summed E-state index contributed by atoms with van der Waals surface area (Å²) in [6.07, 6.45) is 1.83. The molecule has 1 aliphatic rings. The van der Waals surface area contributed by atoms with Gasteiger partial charge in [-0.2, -0.15) is 0 Å². The summed E-state index contributed by atoms with van der Waals surface area (Å²) in [5, 5.41) is 0.441. The lowest BCUT2D eigenvalue weighted by atomic mass is 9.93. The van der Waals surface area contributed by atoms with E-state index in [4.69, 9.17) is 23.2 Å². The molecule has 0 aliphatic carbocycles. The lowest BCUT2D eigenvalue weighted by Crippen LogP contribution is -2.40. The highest BCUT2D eigenvalue weighted by Crippen LogP contribution is 2.25. The molecule has 2 nitrogen and oxygen atoms in total. The Labute approximate surface area is 128 Å². The Balaban J connectivity index is 1.96. The average molecular weight is 318 g/mol. The highest BCUT2D eigenvalue weighted by molar-refractivity contribution is 6.31. The fraction of sp³-hybridized carbons (Fsp3) is 0.533. The first-order valence-electron chi connectivity index (χ1n) is 6.83. The molecule has 1 aromatic carbocycles. The SMILES string of the molecule is CC(Cl)C1CCN(C(=O)Cc2c(F)cccc2Cl)CC1. The predicted molar refractivity (Wildman–Crippen MR) is 79.7 cm³/mol. The Morgan fingerprint density at radius 2 is 2.10 bits per heavy atom. The number of alkyl halides is 1. The number of carbonyl (C=O) groups excluding carboxylic acids is 1. The first-order valence-corrected chi connectivity index (χ1v) is 7.65. The lowest BCUT2D eigenvalue weighted by Gasteiger charge is -2.33. The second-order valence-corrected chi connectivity index (χ2v) is 6.37. The lowest BCUT2D eigenvalue weighted by molar-refractivity contribution is -0.131. The maximum atomic E-state index is 13.7. The molecule has 1 heterocycles. The van der Waals surface area contributed by atoms with Crippen LogP contribution < -0.4 is 0 Å². The van der Waals surface area contributed by atoms with Crippen LogP contribution in [0.15, 0.2) is 18.2 Å². The van der Waals surface area contributed by atoms with Gasteiger partial charge in [-0.15, -0.1) is 11.6 Å². The van der Waals surface area contributed by atoms with E-state index in [9.17, 15) is 9.18 Å². The van der Waals surface area contributed by atoms with Gasteiger partial charge in [0.2, 0.25) is 5.91 Å². The standard InChI is InChI=1S/C15H18Cl2FNO/c1-10(16)11-5-7-19(8-6-11)15(20)9-12-13(17)3-2-4-14(12)18/h2-4,10-11H,5-9H2,1H3. The number of amides is 1. The first-order chi connectivity index (χ1) is 9.49. The number of nitrogens with zero attached hydrogens (tertiary/aromatic N) is 1. The van der Waals surface area contributed by atoms with Crippen molar-refractivity contribution < 1.29 is 9.18 Å². The molecule has 1 aromatic rings. The second kappa shape index (κ2) is 6.77. The Kier molecular flexibility index (Phi) is 5.28. The number of likely N-dealkylation sites (tertiary alicyclic amines) is 1. The minimum Gasteiger partial charge on any atom is -0.342 e. The van der Waals surface area contributed by atoms with Gasteiger partial charge in [0.05, 0.1) is 6.42 Å². The normalized spacial score (nSPS) is 18.1. The topological polar surface area (TPSA) is 20.3 Å². The predicted octanol–water partition coefficient (Wildman–Crippen LogP) is 3.89. The van der Waals surface area contributed by atoms with E-state index in [0.29, 0.717) is 24.0 Å². The molecule has 1 saturated heterocycles. The van der Waals surface area contributed by atoms with Crippen molar-refractivity contribution in [1.29, 1.82) is 0 Å². The molecule has 1 amide bonds. The quantitative estimate of drug-likeness (QED) is 0.774. The molecule has 1 atom stereocenters. The summed E-state index contributed by atoms with van der Waals surface area (Å²) in [7, 11) is 0. The van der Waals surface area contributed by atoms with Crippen LogP contribution in [0.5, 0.6) is 0 Å². The first kappa shape index (κ1) is 15.6. The van der Waals surface area contributed by atoms with Gasteiger partial charge in [0, 0.05) is 29.1 Å². The van der Waals surface area contributed by atoms with E-state index in [0.717, 1.165) is 12.8 Å². The van der Waals surface area contributed by atoms with Crippen molar-refractivity contribution in [2.45, 2.75) is 31.6 Å². The minimum atomic E-state index is -0.421. The van der Waals surface area contributed by atoms with Gasteiger partial charge >= 0.3 is 0 Å². The van der Waals surface area contributed by atoms with Gasteiger partial charge < -0.3 is 4.90 Å². The van der Waals surface area contributed by atoms with Gasteiger partial charge in [0.25, 0.3) is 0 Å². The third kappa shape index (κ3) is 3.64. The van der Waals surface area contributed by atoms with E-state index in [-0.39, 0.29) is 23.3 Å². The summed E-state index contributed by atoms with van der Waals surface area (Å²) in [5.41, 5.74) is 0.284. The van der Waals surface area contributed by atoms with Crippen molar-refractivity contribution in [2.75, 3.05) is 13.1 Å². The monoisotopic (exact) mass is 317 g/mol. The number of piperidine rings is 1. The highest BCUT2D eigenvalue weighted by atomic mass is 35.5. The molecule has 0 spiro atoms. The number of carbonyl (C=O) groups is 1. The van der Waals surface area contributed by atoms with Crippen LogP contribution in [0.4, 0.5) is 4.39 Å². The van der Waals surface area contributed by atoms with Gasteiger partial charge in [0.1, 0.15) is 5.82 Å². The van der Waals surface area contributed by atoms with Crippen LogP contribution in [0.2, 0.25) is 5.02 Å². The van der Waals surface area contributed by atoms with Crippen LogP contribution in [0.1, 0.15) is 25.3 Å². The molecular weight excluding hydrogens is 300 g/mol. The number of halogens is 3. The average Bonchev–Trinajstić information content (AvgIpc) is 2.43. The Hall–Kier alpha value is -0.800. The summed E-state index contributed by atoms with van der Waals surface area (Å²) in [6.45, 7) is 3.36. The molecule has 1 unspecified atom stereocenters. The maximum absolute atomic E-state index is 13.7. The van der Waals surface area contributed by atoms with Crippen LogP contribution in [0, 0.1) is 11.7 Å². The summed E-state index contributed by atoms with van der Waals surface area (Å²) < 4.78 is 13.7. The summed E-state index contributed by atoms with van der Waals surface area (Å²) in [4.78, 5) is 14.0. The largest absolute Gasteiger partial charge is 0.342 e. The smallest absolute Gasteiger partial charge is 0.227 e. The Bertz CT molecular complexity index is 465. The molecule has 0 N–H and O–H groups in total. The van der Waals surface area contributed by atoms with Gasteiger partial charge in [-0.3, -0.25) is 4.79 Å². The van der Waals surface area contributed by atoms with Crippen LogP contribution in [0.3, 0.4) is 0 Å². The van der Waals surface area contributed by atoms with Gasteiger partial charge in [-0.1, -0.05) is 17.7 Å². The van der Waals surface area contributed by atoms with Gasteiger partial charge in [0.15, 0.2) is 0 Å². The van der Waals surface area contributed by atoms with Crippen molar-refractivity contribution in [1.82, 2.24) is 4.90 Å². The molecule has 1 fully saturated rings. The van der Waals surface area contributed by atoms with Crippen molar-refractivity contribution in [3.8, 4) is 0 Å². The van der Waals surface area contributed by atoms with Crippen molar-refractivity contribution in [3.63, 3.8) is 0 Å². The fourth-order valence-corrected chi connectivity index (χ4v) is 3.05. The van der Waals surface area contributed by atoms with Crippen LogP contribution in [-0.2, 0) is 11.2 Å². The van der Waals surface area contributed by atoms with Gasteiger partial charge in [-0.05, 0) is 37.8 Å². The Morgan fingerprint density at radius 1 is 1.45 bits per heavy atom. The van der Waals surface area contributed by atoms with E-state index < -0.39 is 5.82 Å². The summed E-state index contributed by atoms with van der Waals surface area (Å²) in [6, 6.07) is 4.48. The third-order valence-electron chi connectivity index (χ3n) is 3.93. The molecule has 0 bridgehead atoms. The molecule has 110 valence electrons. The summed E-state index contributed by atoms with van der Waals surface area (Å²) >= 11 is 12.0. The number of hydrogen-bond acceptors (Lipinski definition) is 1. The molecular formula is C15H18Cl2FNO. The fourth-order valence-electron chi connectivity index (χ4n) is 2.57. The molecule has 0 saturated carbocycles. The van der Waals surface area contributed by atoms with Crippen LogP contribution >= 0.6 is 23.2 Å². The highest BCUT2D eigenvalue weighted by Gasteiger charge is 2.26. The zero-order valence-electron chi connectivity index (χ0n) is 11.4. The molecule has 1 aliphatic heterocycles. The van der Waals surface area contributed by atoms with Crippen LogP contribution in [0.25, 0.3) is 0 Å². The molecule has 20 heavy (non-hydrogen) atoms. The van der Waals surface area contributed by atoms with Crippen LogP contribution in [-0.4, -0.2) is 29.3 Å². The van der Waals surface area contributed by atoms with Crippen molar-refractivity contribution in [2.24, 2.45) is 5.92 Å². The van der Waals surface area contributed by atoms with E-state index >= 15 is 0 Å². The maximum Gasteiger partial charge on any atom is 0.227 e. The van der Waals surface area contributed by atoms with E-state index in [1.54, 1.807) is 17.0 Å². The molecule has 0 aromatic heterocycles. The van der Waals surface area contributed by atoms with Crippen molar-refractivity contribution >= 4 is 29.1 Å². The van der Waals surface area contributed by atoms with E-state index in [1.807, 2.05) is 6.92 Å². The second-order valence-electron chi connectivity index (χ2n) is 5.27. The molecule has 2 rings (SSSR count). The zero-order valence-corrected chi connectivity index (χ0v) is 12.9. The van der Waals surface area contributed by atoms with E-state index in [2.05, 4.69) is 0 Å². The Morgan fingerprint density at radius 3 is 2.65 bits per heavy atom. The van der Waals surface area contributed by atoms with Crippen molar-refractivity contribution in [3.05, 3.63) is 34.6 Å². The third-order valence-corrected chi connectivity index (χ3v) is 4.64. The zero-order chi connectivity index (χ0) is 14.7. The number of rotatable bonds is 3. The van der Waals surface area contributed by atoms with E-state index in [1.165, 1.54) is 6.07 Å². The number of benzene rings is 1. The minimum absolute atomic E-state index is 0.0204. The number of hydrogen-bond donors (Lipinski definition) is 0. The molecule has 0 radical (unpaired) electrons.